The van der Waals surface area contributed by atoms with Gasteiger partial charge in [-0.3, -0.25) is 9.69 Å². The van der Waals surface area contributed by atoms with Gasteiger partial charge in [-0.05, 0) is 45.7 Å². The number of likely N-dealkylation sites (tertiary alicyclic amines) is 1. The van der Waals surface area contributed by atoms with E-state index in [2.05, 4.69) is 0 Å². The summed E-state index contributed by atoms with van der Waals surface area (Å²) in [6.45, 7) is 3.73. The summed E-state index contributed by atoms with van der Waals surface area (Å²) in [4.78, 5) is 13.5. The maximum Gasteiger partial charge on any atom is 0.405 e. The van der Waals surface area contributed by atoms with E-state index in [0.29, 0.717) is 19.0 Å². The molecule has 3 N–H and O–H groups in total. The Labute approximate surface area is 123 Å². The van der Waals surface area contributed by atoms with Gasteiger partial charge >= 0.3 is 6.18 Å². The summed E-state index contributed by atoms with van der Waals surface area (Å²) in [5.74, 6) is -0.141. The number of piperidine rings is 1. The fraction of sp³-hybridized carbons (Fsp3) is 0.917. The minimum atomic E-state index is -4.36. The average molecular weight is 318 g/mol. The van der Waals surface area contributed by atoms with Crippen molar-refractivity contribution in [1.29, 1.82) is 0 Å². The fourth-order valence-electron chi connectivity index (χ4n) is 2.33. The van der Waals surface area contributed by atoms with Crippen LogP contribution in [0.2, 0.25) is 0 Å². The molecule has 20 heavy (non-hydrogen) atoms. The predicted octanol–water partition coefficient (Wildman–Crippen LogP) is 1.53. The number of hydrogen-bond acceptors (Lipinski definition) is 3. The van der Waals surface area contributed by atoms with Gasteiger partial charge in [-0.2, -0.15) is 13.2 Å². The van der Waals surface area contributed by atoms with E-state index in [9.17, 15) is 18.0 Å². The van der Waals surface area contributed by atoms with Crippen LogP contribution in [-0.2, 0) is 4.79 Å². The van der Waals surface area contributed by atoms with Crippen LogP contribution in [0.4, 0.5) is 13.2 Å². The Morgan fingerprint density at radius 1 is 1.35 bits per heavy atom. The monoisotopic (exact) mass is 317 g/mol. The van der Waals surface area contributed by atoms with Crippen molar-refractivity contribution in [1.82, 2.24) is 10.2 Å². The largest absolute Gasteiger partial charge is 0.405 e. The Morgan fingerprint density at radius 3 is 2.25 bits per heavy atom. The number of alkyl halides is 3. The van der Waals surface area contributed by atoms with E-state index < -0.39 is 24.7 Å². The highest BCUT2D eigenvalue weighted by atomic mass is 35.5. The van der Waals surface area contributed by atoms with Crippen LogP contribution in [0.5, 0.6) is 0 Å². The lowest BCUT2D eigenvalue weighted by molar-refractivity contribution is -0.141. The standard InChI is InChI=1S/C12H22F3N3O.ClH/c1-8(16)10-3-5-18(6-4-10)9(2)11(19)17-7-12(13,14)15;/h8-10H,3-7,16H2,1-2H3,(H,17,19);1H. The molecule has 1 saturated heterocycles. The topological polar surface area (TPSA) is 58.4 Å². The zero-order chi connectivity index (χ0) is 14.6. The molecule has 0 spiro atoms. The van der Waals surface area contributed by atoms with Crippen LogP contribution < -0.4 is 11.1 Å². The summed E-state index contributed by atoms with van der Waals surface area (Å²) in [7, 11) is 0. The smallest absolute Gasteiger partial charge is 0.346 e. The Bertz CT molecular complexity index is 305. The van der Waals surface area contributed by atoms with E-state index in [0.717, 1.165) is 12.8 Å². The summed E-state index contributed by atoms with van der Waals surface area (Å²) in [6.07, 6.45) is -2.60. The van der Waals surface area contributed by atoms with Crippen molar-refractivity contribution in [2.45, 2.75) is 44.9 Å². The number of halogens is 4. The average Bonchev–Trinajstić information content (AvgIpc) is 2.34. The third-order valence-corrected chi connectivity index (χ3v) is 3.71. The van der Waals surface area contributed by atoms with Gasteiger partial charge in [0.25, 0.3) is 0 Å². The molecule has 1 aliphatic heterocycles. The van der Waals surface area contributed by atoms with Gasteiger partial charge in [0.05, 0.1) is 6.04 Å². The molecule has 1 fully saturated rings. The first kappa shape index (κ1) is 19.5. The van der Waals surface area contributed by atoms with Gasteiger partial charge in [0, 0.05) is 6.04 Å². The normalized spacial score (nSPS) is 20.9. The van der Waals surface area contributed by atoms with Crippen LogP contribution in [-0.4, -0.2) is 48.7 Å². The van der Waals surface area contributed by atoms with Crippen molar-refractivity contribution in [3.63, 3.8) is 0 Å². The van der Waals surface area contributed by atoms with E-state index in [1.165, 1.54) is 0 Å². The molecule has 2 unspecified atom stereocenters. The molecule has 1 heterocycles. The first-order valence-corrected chi connectivity index (χ1v) is 6.55. The van der Waals surface area contributed by atoms with Crippen molar-refractivity contribution in [2.75, 3.05) is 19.6 Å². The number of amides is 1. The number of nitrogens with zero attached hydrogens (tertiary/aromatic N) is 1. The van der Waals surface area contributed by atoms with Crippen molar-refractivity contribution in [2.24, 2.45) is 11.7 Å². The maximum absolute atomic E-state index is 12.0. The molecule has 4 nitrogen and oxygen atoms in total. The summed E-state index contributed by atoms with van der Waals surface area (Å²) in [5, 5.41) is 1.92. The van der Waals surface area contributed by atoms with E-state index in [1.54, 1.807) is 6.92 Å². The fourth-order valence-corrected chi connectivity index (χ4v) is 2.33. The Kier molecular flexibility index (Phi) is 7.83. The Balaban J connectivity index is 0.00000361. The van der Waals surface area contributed by atoms with E-state index in [1.807, 2.05) is 17.1 Å². The molecule has 0 aliphatic carbocycles. The summed E-state index contributed by atoms with van der Waals surface area (Å²) in [5.41, 5.74) is 5.82. The van der Waals surface area contributed by atoms with Crippen molar-refractivity contribution >= 4 is 18.3 Å². The van der Waals surface area contributed by atoms with Crippen molar-refractivity contribution < 1.29 is 18.0 Å². The summed E-state index contributed by atoms with van der Waals surface area (Å²) in [6, 6.07) is -0.409. The van der Waals surface area contributed by atoms with Gasteiger partial charge in [0.1, 0.15) is 6.54 Å². The maximum atomic E-state index is 12.0. The summed E-state index contributed by atoms with van der Waals surface area (Å²) >= 11 is 0. The van der Waals surface area contributed by atoms with Crippen LogP contribution >= 0.6 is 12.4 Å². The molecular weight excluding hydrogens is 295 g/mol. The van der Waals surface area contributed by atoms with Crippen molar-refractivity contribution in [3.05, 3.63) is 0 Å². The lowest BCUT2D eigenvalue weighted by atomic mass is 9.90. The van der Waals surface area contributed by atoms with Crippen molar-refractivity contribution in [3.8, 4) is 0 Å². The molecule has 0 saturated carbocycles. The van der Waals surface area contributed by atoms with Gasteiger partial charge < -0.3 is 11.1 Å². The van der Waals surface area contributed by atoms with Crippen LogP contribution in [0.15, 0.2) is 0 Å². The van der Waals surface area contributed by atoms with Gasteiger partial charge in [-0.1, -0.05) is 0 Å². The number of hydrogen-bond donors (Lipinski definition) is 2. The third kappa shape index (κ3) is 6.28. The zero-order valence-electron chi connectivity index (χ0n) is 11.7. The van der Waals surface area contributed by atoms with Gasteiger partial charge in [0.15, 0.2) is 0 Å². The Hall–Kier alpha value is -0.530. The second-order valence-electron chi connectivity index (χ2n) is 5.24. The Morgan fingerprint density at radius 2 is 1.85 bits per heavy atom. The molecule has 8 heteroatoms. The lowest BCUT2D eigenvalue weighted by Gasteiger charge is -2.36. The molecule has 1 amide bonds. The van der Waals surface area contributed by atoms with Gasteiger partial charge in [-0.25, -0.2) is 0 Å². The van der Waals surface area contributed by atoms with Crippen LogP contribution in [0.3, 0.4) is 0 Å². The zero-order valence-corrected chi connectivity index (χ0v) is 12.6. The van der Waals surface area contributed by atoms with Crippen LogP contribution in [0.25, 0.3) is 0 Å². The first-order chi connectivity index (χ1) is 8.70. The number of rotatable bonds is 4. The molecule has 0 aromatic rings. The van der Waals surface area contributed by atoms with Crippen LogP contribution in [0, 0.1) is 5.92 Å². The number of nitrogens with one attached hydrogen (secondary N) is 1. The SMILES string of the molecule is CC(N)C1CCN(C(C)C(=O)NCC(F)(F)F)CC1.Cl. The molecule has 1 rings (SSSR count). The number of carbonyl (C=O) groups is 1. The molecule has 120 valence electrons. The van der Waals surface area contributed by atoms with Gasteiger partial charge in [0.2, 0.25) is 5.91 Å². The lowest BCUT2D eigenvalue weighted by Crippen LogP contribution is -2.50. The molecule has 0 bridgehead atoms. The molecule has 0 aromatic heterocycles. The number of carbonyl (C=O) groups excluding carboxylic acids is 1. The molecule has 0 aromatic carbocycles. The van der Waals surface area contributed by atoms with E-state index in [4.69, 9.17) is 5.73 Å². The minimum Gasteiger partial charge on any atom is -0.346 e. The number of nitrogens with two attached hydrogens (primary N) is 1. The highest BCUT2D eigenvalue weighted by Crippen LogP contribution is 2.21. The second-order valence-corrected chi connectivity index (χ2v) is 5.24. The molecule has 2 atom stereocenters. The summed E-state index contributed by atoms with van der Waals surface area (Å²) < 4.78 is 36.1. The highest BCUT2D eigenvalue weighted by molar-refractivity contribution is 5.85. The van der Waals surface area contributed by atoms with E-state index >= 15 is 0 Å². The molecular formula is C12H23ClF3N3O. The quantitative estimate of drug-likeness (QED) is 0.827. The predicted molar refractivity (Wildman–Crippen MR) is 73.7 cm³/mol. The first-order valence-electron chi connectivity index (χ1n) is 6.55. The van der Waals surface area contributed by atoms with Crippen LogP contribution in [0.1, 0.15) is 26.7 Å². The second kappa shape index (κ2) is 8.05. The molecule has 0 radical (unpaired) electrons. The molecule has 1 aliphatic rings. The highest BCUT2D eigenvalue weighted by Gasteiger charge is 2.31. The van der Waals surface area contributed by atoms with Gasteiger partial charge in [-0.15, -0.1) is 12.4 Å². The third-order valence-electron chi connectivity index (χ3n) is 3.71. The van der Waals surface area contributed by atoms with E-state index in [-0.39, 0.29) is 18.4 Å². The minimum absolute atomic E-state index is 0.